The highest BCUT2D eigenvalue weighted by Crippen LogP contribution is 2.25. The molecule has 2 aromatic carbocycles. The number of carboxylic acid groups (broad SMARTS) is 1. The van der Waals surface area contributed by atoms with E-state index in [4.69, 9.17) is 9.72 Å². The summed E-state index contributed by atoms with van der Waals surface area (Å²) in [5, 5.41) is 9.46. The monoisotopic (exact) mass is 416 g/mol. The van der Waals surface area contributed by atoms with Gasteiger partial charge in [-0.25, -0.2) is 14.8 Å². The molecular formula is C24H24N4O3. The molecule has 1 N–H and O–H groups in total. The summed E-state index contributed by atoms with van der Waals surface area (Å²) >= 11 is 0. The topological polar surface area (TPSA) is 90.1 Å². The van der Waals surface area contributed by atoms with Gasteiger partial charge in [0.15, 0.2) is 5.65 Å². The molecule has 0 radical (unpaired) electrons. The number of imidazole rings is 1. The van der Waals surface area contributed by atoms with Crippen LogP contribution in [0.5, 0.6) is 6.01 Å². The van der Waals surface area contributed by atoms with Crippen molar-refractivity contribution < 1.29 is 14.6 Å². The van der Waals surface area contributed by atoms with Crippen molar-refractivity contribution in [2.45, 2.75) is 32.7 Å². The van der Waals surface area contributed by atoms with Crippen LogP contribution in [0.3, 0.4) is 0 Å². The van der Waals surface area contributed by atoms with Crippen molar-refractivity contribution in [1.82, 2.24) is 19.5 Å². The van der Waals surface area contributed by atoms with Gasteiger partial charge in [-0.2, -0.15) is 4.98 Å². The van der Waals surface area contributed by atoms with E-state index in [0.29, 0.717) is 29.3 Å². The van der Waals surface area contributed by atoms with Gasteiger partial charge < -0.3 is 14.4 Å². The number of aryl methyl sites for hydroxylation is 1. The summed E-state index contributed by atoms with van der Waals surface area (Å²) in [5.74, 6) is 0.0419. The Bertz CT molecular complexity index is 1220. The van der Waals surface area contributed by atoms with Crippen LogP contribution in [0.15, 0.2) is 54.7 Å². The molecule has 7 heteroatoms. The molecule has 0 aliphatic rings. The molecule has 0 atom stereocenters. The highest BCUT2D eigenvalue weighted by atomic mass is 16.5. The number of nitrogens with zero attached hydrogens (tertiary/aromatic N) is 4. The average molecular weight is 416 g/mol. The standard InChI is InChI=1S/C24H24N4O3/c1-3-4-9-21-26-22-20(14-25-24(27-22)31-2)28(21)15-16-10-12-17(13-11-16)18-7-5-6-8-19(18)23(29)30/h5-8,10-14H,3-4,9,15H2,1-2H3,(H,29,30). The predicted octanol–water partition coefficient (Wildman–Crippen LogP) is 4.59. The zero-order chi connectivity index (χ0) is 21.8. The third kappa shape index (κ3) is 4.26. The Kier molecular flexibility index (Phi) is 5.93. The number of carboxylic acids is 1. The minimum atomic E-state index is -0.930. The number of ether oxygens (including phenoxy) is 1. The minimum Gasteiger partial charge on any atom is -0.478 e. The van der Waals surface area contributed by atoms with Crippen molar-refractivity contribution >= 4 is 17.1 Å². The molecule has 2 aromatic heterocycles. The smallest absolute Gasteiger partial charge is 0.336 e. The van der Waals surface area contributed by atoms with E-state index in [1.807, 2.05) is 36.4 Å². The maximum absolute atomic E-state index is 11.5. The molecular weight excluding hydrogens is 392 g/mol. The molecule has 4 rings (SSSR count). The molecule has 7 nitrogen and oxygen atoms in total. The molecule has 0 aliphatic carbocycles. The maximum Gasteiger partial charge on any atom is 0.336 e. The number of rotatable bonds is 8. The lowest BCUT2D eigenvalue weighted by Gasteiger charge is -2.11. The number of fused-ring (bicyclic) bond motifs is 1. The van der Waals surface area contributed by atoms with Crippen molar-refractivity contribution in [2.75, 3.05) is 7.11 Å². The van der Waals surface area contributed by atoms with Crippen molar-refractivity contribution in [2.24, 2.45) is 0 Å². The first-order chi connectivity index (χ1) is 15.1. The number of aromatic nitrogens is 4. The Morgan fingerprint density at radius 3 is 2.58 bits per heavy atom. The van der Waals surface area contributed by atoms with Gasteiger partial charge in [0.25, 0.3) is 0 Å². The molecule has 0 amide bonds. The van der Waals surface area contributed by atoms with Crippen molar-refractivity contribution in [3.05, 3.63) is 71.7 Å². The molecule has 0 aliphatic heterocycles. The fourth-order valence-corrected chi connectivity index (χ4v) is 3.64. The summed E-state index contributed by atoms with van der Waals surface area (Å²) in [7, 11) is 1.54. The largest absolute Gasteiger partial charge is 0.478 e. The fourth-order valence-electron chi connectivity index (χ4n) is 3.64. The number of hydrogen-bond donors (Lipinski definition) is 1. The van der Waals surface area contributed by atoms with Crippen molar-refractivity contribution in [3.8, 4) is 17.1 Å². The van der Waals surface area contributed by atoms with E-state index in [-0.39, 0.29) is 0 Å². The van der Waals surface area contributed by atoms with Crippen LogP contribution in [0.4, 0.5) is 0 Å². The molecule has 0 saturated heterocycles. The average Bonchev–Trinajstić information content (AvgIpc) is 3.14. The summed E-state index contributed by atoms with van der Waals surface area (Å²) in [6.45, 7) is 2.79. The van der Waals surface area contributed by atoms with E-state index in [0.717, 1.165) is 41.7 Å². The number of hydrogen-bond acceptors (Lipinski definition) is 5. The first-order valence-electron chi connectivity index (χ1n) is 10.3. The van der Waals surface area contributed by atoms with Gasteiger partial charge in [0, 0.05) is 13.0 Å². The minimum absolute atomic E-state index is 0.295. The van der Waals surface area contributed by atoms with Gasteiger partial charge in [0.1, 0.15) is 11.3 Å². The summed E-state index contributed by atoms with van der Waals surface area (Å²) in [5.41, 5.74) is 4.46. The summed E-state index contributed by atoms with van der Waals surface area (Å²) in [6.07, 6.45) is 4.73. The third-order valence-corrected chi connectivity index (χ3v) is 5.26. The fraction of sp³-hybridized carbons (Fsp3) is 0.250. The third-order valence-electron chi connectivity index (χ3n) is 5.26. The van der Waals surface area contributed by atoms with Crippen LogP contribution in [0, 0.1) is 0 Å². The summed E-state index contributed by atoms with van der Waals surface area (Å²) in [6, 6.07) is 15.3. The highest BCUT2D eigenvalue weighted by Gasteiger charge is 2.15. The molecule has 0 spiro atoms. The van der Waals surface area contributed by atoms with E-state index in [9.17, 15) is 9.90 Å². The van der Waals surface area contributed by atoms with E-state index >= 15 is 0 Å². The second kappa shape index (κ2) is 8.95. The molecule has 158 valence electrons. The molecule has 0 unspecified atom stereocenters. The normalized spacial score (nSPS) is 11.0. The SMILES string of the molecule is CCCCc1nc2nc(OC)ncc2n1Cc1ccc(-c2ccccc2C(=O)O)cc1. The van der Waals surface area contributed by atoms with Gasteiger partial charge in [-0.1, -0.05) is 55.8 Å². The van der Waals surface area contributed by atoms with Crippen molar-refractivity contribution in [3.63, 3.8) is 0 Å². The van der Waals surface area contributed by atoms with Crippen molar-refractivity contribution in [1.29, 1.82) is 0 Å². The van der Waals surface area contributed by atoms with Gasteiger partial charge in [0.05, 0.1) is 18.9 Å². The van der Waals surface area contributed by atoms with Crippen LogP contribution >= 0.6 is 0 Å². The predicted molar refractivity (Wildman–Crippen MR) is 118 cm³/mol. The molecule has 0 bridgehead atoms. The number of benzene rings is 2. The zero-order valence-electron chi connectivity index (χ0n) is 17.6. The van der Waals surface area contributed by atoms with E-state index in [1.54, 1.807) is 25.4 Å². The lowest BCUT2D eigenvalue weighted by atomic mass is 9.99. The van der Waals surface area contributed by atoms with Gasteiger partial charge in [-0.15, -0.1) is 0 Å². The van der Waals surface area contributed by atoms with Crippen LogP contribution in [0.2, 0.25) is 0 Å². The number of aromatic carboxylic acids is 1. The first kappa shape index (κ1) is 20.5. The lowest BCUT2D eigenvalue weighted by molar-refractivity contribution is 0.0697. The zero-order valence-corrected chi connectivity index (χ0v) is 17.6. The summed E-state index contributed by atoms with van der Waals surface area (Å²) < 4.78 is 7.28. The Morgan fingerprint density at radius 1 is 1.10 bits per heavy atom. The Morgan fingerprint density at radius 2 is 1.87 bits per heavy atom. The molecule has 0 saturated carbocycles. The quantitative estimate of drug-likeness (QED) is 0.452. The van der Waals surface area contributed by atoms with Crippen LogP contribution in [0.25, 0.3) is 22.3 Å². The summed E-state index contributed by atoms with van der Waals surface area (Å²) in [4.78, 5) is 24.9. The van der Waals surface area contributed by atoms with E-state index in [2.05, 4.69) is 21.5 Å². The van der Waals surface area contributed by atoms with Gasteiger partial charge in [-0.3, -0.25) is 0 Å². The van der Waals surface area contributed by atoms with Crippen LogP contribution in [-0.2, 0) is 13.0 Å². The number of carbonyl (C=O) groups is 1. The van der Waals surface area contributed by atoms with Crippen LogP contribution < -0.4 is 4.74 Å². The highest BCUT2D eigenvalue weighted by molar-refractivity contribution is 5.96. The Balaban J connectivity index is 1.67. The Labute approximate surface area is 180 Å². The second-order valence-electron chi connectivity index (χ2n) is 7.33. The molecule has 31 heavy (non-hydrogen) atoms. The first-order valence-corrected chi connectivity index (χ1v) is 10.3. The van der Waals surface area contributed by atoms with Gasteiger partial charge in [-0.05, 0) is 29.2 Å². The number of methoxy groups -OCH3 is 1. The lowest BCUT2D eigenvalue weighted by Crippen LogP contribution is -2.06. The van der Waals surface area contributed by atoms with E-state index in [1.165, 1.54) is 0 Å². The maximum atomic E-state index is 11.5. The van der Waals surface area contributed by atoms with Gasteiger partial charge >= 0.3 is 12.0 Å². The molecule has 0 fully saturated rings. The van der Waals surface area contributed by atoms with Gasteiger partial charge in [0.2, 0.25) is 0 Å². The van der Waals surface area contributed by atoms with Crippen LogP contribution in [-0.4, -0.2) is 37.7 Å². The number of unbranched alkanes of at least 4 members (excludes halogenated alkanes) is 1. The van der Waals surface area contributed by atoms with Crippen LogP contribution in [0.1, 0.15) is 41.5 Å². The van der Waals surface area contributed by atoms with E-state index < -0.39 is 5.97 Å². The molecule has 2 heterocycles. The second-order valence-corrected chi connectivity index (χ2v) is 7.33. The Hall–Kier alpha value is -3.74. The molecule has 4 aromatic rings.